The fourth-order valence-electron chi connectivity index (χ4n) is 2.06. The molecule has 0 saturated heterocycles. The van der Waals surface area contributed by atoms with Crippen LogP contribution in [0.15, 0.2) is 39.8 Å². The summed E-state index contributed by atoms with van der Waals surface area (Å²) in [7, 11) is -0.493. The third-order valence-electron chi connectivity index (χ3n) is 3.67. The zero-order valence-corrected chi connectivity index (χ0v) is 15.7. The molecule has 0 saturated carbocycles. The number of benzene rings is 1. The van der Waals surface area contributed by atoms with Gasteiger partial charge in [0, 0.05) is 19.8 Å². The summed E-state index contributed by atoms with van der Waals surface area (Å²) in [5, 5.41) is 6.49. The molecule has 0 aliphatic carbocycles. The van der Waals surface area contributed by atoms with Crippen LogP contribution in [0.2, 0.25) is 0 Å². The average molecular weight is 367 g/mol. The van der Waals surface area contributed by atoms with E-state index in [1.165, 1.54) is 18.4 Å². The van der Waals surface area contributed by atoms with E-state index in [1.807, 2.05) is 19.9 Å². The normalized spacial score (nSPS) is 11.5. The van der Waals surface area contributed by atoms with E-state index in [4.69, 9.17) is 16.6 Å². The van der Waals surface area contributed by atoms with Gasteiger partial charge < -0.3 is 15.1 Å². The van der Waals surface area contributed by atoms with Gasteiger partial charge in [-0.05, 0) is 61.5 Å². The van der Waals surface area contributed by atoms with E-state index >= 15 is 0 Å². The summed E-state index contributed by atoms with van der Waals surface area (Å²) in [5.74, 6) is 0.760. The molecule has 0 aliphatic heterocycles. The van der Waals surface area contributed by atoms with Gasteiger partial charge in [-0.3, -0.25) is 0 Å². The number of nitrogens with one attached hydrogen (secondary N) is 2. The Labute approximate surface area is 147 Å². The van der Waals surface area contributed by atoms with Crippen LogP contribution in [0, 0.1) is 13.8 Å². The first kappa shape index (κ1) is 18.4. The van der Waals surface area contributed by atoms with Crippen molar-refractivity contribution in [2.45, 2.75) is 25.3 Å². The summed E-state index contributed by atoms with van der Waals surface area (Å²) >= 11 is 5.28. The van der Waals surface area contributed by atoms with Crippen molar-refractivity contribution in [2.75, 3.05) is 19.4 Å². The molecule has 0 radical (unpaired) electrons. The predicted molar refractivity (Wildman–Crippen MR) is 98.6 cm³/mol. The fraction of sp³-hybridized carbons (Fsp3) is 0.312. The monoisotopic (exact) mass is 367 g/mol. The van der Waals surface area contributed by atoms with Crippen molar-refractivity contribution in [1.29, 1.82) is 0 Å². The Morgan fingerprint density at radius 3 is 2.58 bits per heavy atom. The number of rotatable bonds is 5. The van der Waals surface area contributed by atoms with Crippen LogP contribution in [-0.2, 0) is 16.6 Å². The highest BCUT2D eigenvalue weighted by Gasteiger charge is 2.19. The zero-order valence-electron chi connectivity index (χ0n) is 14.1. The van der Waals surface area contributed by atoms with E-state index in [9.17, 15) is 8.42 Å². The van der Waals surface area contributed by atoms with Crippen LogP contribution in [0.1, 0.15) is 16.9 Å². The summed E-state index contributed by atoms with van der Waals surface area (Å²) in [6.45, 7) is 4.24. The number of aryl methyl sites for hydroxylation is 1. The minimum absolute atomic E-state index is 0.229. The zero-order chi connectivity index (χ0) is 17.9. The van der Waals surface area contributed by atoms with Gasteiger partial charge in [0.2, 0.25) is 10.0 Å². The molecule has 0 bridgehead atoms. The van der Waals surface area contributed by atoms with E-state index in [1.54, 1.807) is 24.5 Å². The molecule has 1 aromatic carbocycles. The van der Waals surface area contributed by atoms with Gasteiger partial charge in [-0.15, -0.1) is 0 Å². The Balaban J connectivity index is 2.20. The topological polar surface area (TPSA) is 74.6 Å². The fourth-order valence-corrected chi connectivity index (χ4v) is 3.26. The molecule has 0 unspecified atom stereocenters. The highest BCUT2D eigenvalue weighted by Crippen LogP contribution is 2.25. The molecule has 8 heteroatoms. The maximum atomic E-state index is 12.4. The van der Waals surface area contributed by atoms with Crippen LogP contribution in [-0.4, -0.2) is 31.9 Å². The average Bonchev–Trinajstić information content (AvgIpc) is 3.02. The van der Waals surface area contributed by atoms with E-state index in [0.717, 1.165) is 16.9 Å². The molecule has 24 heavy (non-hydrogen) atoms. The Morgan fingerprint density at radius 1 is 1.29 bits per heavy atom. The van der Waals surface area contributed by atoms with Crippen molar-refractivity contribution < 1.29 is 12.8 Å². The summed E-state index contributed by atoms with van der Waals surface area (Å²) in [5.41, 5.74) is 2.47. The van der Waals surface area contributed by atoms with Crippen molar-refractivity contribution >= 4 is 33.0 Å². The Hall–Kier alpha value is -1.90. The van der Waals surface area contributed by atoms with E-state index in [0.29, 0.717) is 17.3 Å². The largest absolute Gasteiger partial charge is 0.467 e. The van der Waals surface area contributed by atoms with Crippen molar-refractivity contribution in [2.24, 2.45) is 0 Å². The minimum Gasteiger partial charge on any atom is -0.467 e. The lowest BCUT2D eigenvalue weighted by molar-refractivity contribution is 0.503. The molecule has 0 amide bonds. The first-order chi connectivity index (χ1) is 11.2. The van der Waals surface area contributed by atoms with Crippen LogP contribution in [0.4, 0.5) is 5.69 Å². The van der Waals surface area contributed by atoms with Crippen molar-refractivity contribution in [3.8, 4) is 0 Å². The van der Waals surface area contributed by atoms with E-state index in [-0.39, 0.29) is 4.90 Å². The molecule has 0 fully saturated rings. The molecule has 1 heterocycles. The second-order valence-electron chi connectivity index (χ2n) is 5.59. The number of furan rings is 1. The molecule has 1 aromatic heterocycles. The second-order valence-corrected chi connectivity index (χ2v) is 8.15. The lowest BCUT2D eigenvalue weighted by Crippen LogP contribution is -2.28. The number of anilines is 1. The van der Waals surface area contributed by atoms with Gasteiger partial charge in [-0.25, -0.2) is 12.7 Å². The smallest absolute Gasteiger partial charge is 0.242 e. The van der Waals surface area contributed by atoms with Gasteiger partial charge in [0.05, 0.1) is 17.7 Å². The highest BCUT2D eigenvalue weighted by molar-refractivity contribution is 7.89. The van der Waals surface area contributed by atoms with Crippen molar-refractivity contribution in [3.05, 3.63) is 47.4 Å². The third-order valence-corrected chi connectivity index (χ3v) is 5.71. The molecule has 6 nitrogen and oxygen atoms in total. The van der Waals surface area contributed by atoms with Crippen molar-refractivity contribution in [1.82, 2.24) is 9.62 Å². The number of hydrogen-bond donors (Lipinski definition) is 2. The maximum Gasteiger partial charge on any atom is 0.242 e. The lowest BCUT2D eigenvalue weighted by Gasteiger charge is -2.17. The van der Waals surface area contributed by atoms with E-state index in [2.05, 4.69) is 10.6 Å². The molecular formula is C16H21N3O3S2. The van der Waals surface area contributed by atoms with E-state index < -0.39 is 10.0 Å². The molecule has 130 valence electrons. The molecule has 2 aromatic rings. The minimum atomic E-state index is -3.51. The molecule has 2 N–H and O–H groups in total. The number of thiocarbonyl (C=S) groups is 1. The predicted octanol–water partition coefficient (Wildman–Crippen LogP) is 2.63. The second kappa shape index (κ2) is 7.33. The number of sulfonamides is 1. The third kappa shape index (κ3) is 4.14. The lowest BCUT2D eigenvalue weighted by atomic mass is 10.1. The van der Waals surface area contributed by atoms with Gasteiger partial charge in [0.1, 0.15) is 5.76 Å². The number of hydrogen-bond acceptors (Lipinski definition) is 4. The highest BCUT2D eigenvalue weighted by atomic mass is 32.2. The van der Waals surface area contributed by atoms with Gasteiger partial charge in [0.25, 0.3) is 0 Å². The first-order valence-electron chi connectivity index (χ1n) is 7.33. The summed E-state index contributed by atoms with van der Waals surface area (Å²) in [4.78, 5) is 0.229. The molecule has 0 spiro atoms. The summed E-state index contributed by atoms with van der Waals surface area (Å²) in [6.07, 6.45) is 1.59. The standard InChI is InChI=1S/C16H21N3O3S2/c1-11-8-14(24(20,21)19(3)4)9-15(12(11)2)18-16(23)17-10-13-6-5-7-22-13/h5-9H,10H2,1-4H3,(H2,17,18,23). The molecule has 2 rings (SSSR count). The Kier molecular flexibility index (Phi) is 5.63. The maximum absolute atomic E-state index is 12.4. The van der Waals surface area contributed by atoms with Gasteiger partial charge in [-0.1, -0.05) is 0 Å². The van der Waals surface area contributed by atoms with Gasteiger partial charge in [0.15, 0.2) is 5.11 Å². The quantitative estimate of drug-likeness (QED) is 0.792. The number of nitrogens with zero attached hydrogens (tertiary/aromatic N) is 1. The van der Waals surface area contributed by atoms with Crippen LogP contribution < -0.4 is 10.6 Å². The van der Waals surface area contributed by atoms with Crippen LogP contribution >= 0.6 is 12.2 Å². The summed E-state index contributed by atoms with van der Waals surface area (Å²) < 4.78 is 31.1. The first-order valence-corrected chi connectivity index (χ1v) is 9.17. The SMILES string of the molecule is Cc1cc(S(=O)(=O)N(C)C)cc(NC(=S)NCc2ccco2)c1C. The Bertz CT molecular complexity index is 829. The van der Waals surface area contributed by atoms with Crippen molar-refractivity contribution in [3.63, 3.8) is 0 Å². The molecule has 0 aliphatic rings. The van der Waals surface area contributed by atoms with Crippen LogP contribution in [0.3, 0.4) is 0 Å². The summed E-state index contributed by atoms with van der Waals surface area (Å²) in [6, 6.07) is 6.90. The van der Waals surface area contributed by atoms with Gasteiger partial charge >= 0.3 is 0 Å². The van der Waals surface area contributed by atoms with Crippen LogP contribution in [0.25, 0.3) is 0 Å². The van der Waals surface area contributed by atoms with Gasteiger partial charge in [-0.2, -0.15) is 0 Å². The Morgan fingerprint density at radius 2 is 2.00 bits per heavy atom. The molecular weight excluding hydrogens is 346 g/mol. The molecule has 0 atom stereocenters. The van der Waals surface area contributed by atoms with Crippen LogP contribution in [0.5, 0.6) is 0 Å².